The van der Waals surface area contributed by atoms with Crippen LogP contribution in [0, 0.1) is 23.3 Å². The third-order valence-electron chi connectivity index (χ3n) is 1.99. The van der Waals surface area contributed by atoms with Crippen molar-refractivity contribution in [3.05, 3.63) is 40.5 Å². The molecule has 1 aromatic rings. The Balaban J connectivity index is 3.67. The van der Waals surface area contributed by atoms with Gasteiger partial charge in [0.1, 0.15) is 0 Å². The van der Waals surface area contributed by atoms with Crippen LogP contribution in [0.1, 0.15) is 5.56 Å². The van der Waals surface area contributed by atoms with Gasteiger partial charge in [-0.25, -0.2) is 31.5 Å². The first-order valence-electron chi connectivity index (χ1n) is 4.38. The first-order chi connectivity index (χ1) is 8.68. The van der Waals surface area contributed by atoms with E-state index in [-0.39, 0.29) is 6.07 Å². The highest BCUT2D eigenvalue weighted by atomic mass is 19.2. The van der Waals surface area contributed by atoms with Crippen molar-refractivity contribution < 1.29 is 41.8 Å². The van der Waals surface area contributed by atoms with Gasteiger partial charge in [0.15, 0.2) is 34.7 Å². The Labute approximate surface area is 101 Å². The van der Waals surface area contributed by atoms with Gasteiger partial charge in [0.05, 0.1) is 5.56 Å². The van der Waals surface area contributed by atoms with Gasteiger partial charge in [0, 0.05) is 0 Å². The second-order valence-corrected chi connectivity index (χ2v) is 3.15. The normalized spacial score (nSPS) is 10.2. The zero-order valence-corrected chi connectivity index (χ0v) is 8.68. The minimum absolute atomic E-state index is 0.186. The highest BCUT2D eigenvalue weighted by molar-refractivity contribution is 6.17. The molecule has 0 aromatic heterocycles. The Hall–Kier alpha value is -2.45. The highest BCUT2D eigenvalue weighted by Gasteiger charge is 2.28. The molecule has 0 aliphatic heterocycles. The number of carboxylic acid groups (broad SMARTS) is 2. The molecule has 0 bridgehead atoms. The first kappa shape index (κ1) is 14.6. The van der Waals surface area contributed by atoms with E-state index in [1.54, 1.807) is 0 Å². The zero-order chi connectivity index (χ0) is 14.9. The van der Waals surface area contributed by atoms with Crippen LogP contribution in [0.2, 0.25) is 0 Å². The summed E-state index contributed by atoms with van der Waals surface area (Å²) < 4.78 is 64.8. The van der Waals surface area contributed by atoms with Gasteiger partial charge in [-0.3, -0.25) is 0 Å². The SMILES string of the molecule is O=C(O)C(C(=O)O)=C(F)c1cc(F)c(F)c(F)c1F. The second kappa shape index (κ2) is 5.04. The van der Waals surface area contributed by atoms with E-state index in [0.717, 1.165) is 0 Å². The van der Waals surface area contributed by atoms with Crippen molar-refractivity contribution in [2.75, 3.05) is 0 Å². The summed E-state index contributed by atoms with van der Waals surface area (Å²) in [5.41, 5.74) is -3.58. The number of aliphatic carboxylic acids is 2. The van der Waals surface area contributed by atoms with Gasteiger partial charge in [0.2, 0.25) is 0 Å². The lowest BCUT2D eigenvalue weighted by atomic mass is 10.1. The summed E-state index contributed by atoms with van der Waals surface area (Å²) in [4.78, 5) is 20.9. The fraction of sp³-hybridized carbons (Fsp3) is 0. The topological polar surface area (TPSA) is 74.6 Å². The summed E-state index contributed by atoms with van der Waals surface area (Å²) in [6.07, 6.45) is 0. The van der Waals surface area contributed by atoms with Gasteiger partial charge in [-0.05, 0) is 6.07 Å². The average molecular weight is 282 g/mol. The minimum atomic E-state index is -2.39. The van der Waals surface area contributed by atoms with E-state index in [0.29, 0.717) is 0 Å². The number of rotatable bonds is 3. The fourth-order valence-electron chi connectivity index (χ4n) is 1.15. The van der Waals surface area contributed by atoms with Crippen molar-refractivity contribution in [2.24, 2.45) is 0 Å². The summed E-state index contributed by atoms with van der Waals surface area (Å²) >= 11 is 0. The number of halogens is 5. The molecule has 0 amide bonds. The van der Waals surface area contributed by atoms with Crippen molar-refractivity contribution in [2.45, 2.75) is 0 Å². The molecule has 0 unspecified atom stereocenters. The van der Waals surface area contributed by atoms with Gasteiger partial charge >= 0.3 is 11.9 Å². The lowest BCUT2D eigenvalue weighted by Gasteiger charge is -2.05. The van der Waals surface area contributed by atoms with Gasteiger partial charge in [-0.1, -0.05) is 0 Å². The first-order valence-corrected chi connectivity index (χ1v) is 4.38. The largest absolute Gasteiger partial charge is 0.477 e. The standard InChI is InChI=1S/C10H3F5O4/c11-3-1-2(6(13)8(15)7(3)14)5(12)4(9(16)17)10(18)19/h1H,(H,16,17)(H,18,19). The van der Waals surface area contributed by atoms with E-state index in [1.165, 1.54) is 0 Å². The molecular weight excluding hydrogens is 279 g/mol. The molecule has 9 heteroatoms. The summed E-state index contributed by atoms with van der Waals surface area (Å²) in [5.74, 6) is -15.7. The van der Waals surface area contributed by atoms with Gasteiger partial charge in [-0.2, -0.15) is 0 Å². The van der Waals surface area contributed by atoms with Gasteiger partial charge in [-0.15, -0.1) is 0 Å². The Morgan fingerprint density at radius 2 is 1.37 bits per heavy atom. The van der Waals surface area contributed by atoms with Crippen LogP contribution in [-0.4, -0.2) is 22.2 Å². The Morgan fingerprint density at radius 3 is 1.79 bits per heavy atom. The number of carbonyl (C=O) groups is 2. The molecule has 1 aromatic carbocycles. The molecule has 0 saturated carbocycles. The predicted octanol–water partition coefficient (Wildman–Crippen LogP) is 2.09. The van der Waals surface area contributed by atoms with Crippen molar-refractivity contribution in [3.63, 3.8) is 0 Å². The molecule has 4 nitrogen and oxygen atoms in total. The third kappa shape index (κ3) is 2.54. The molecule has 1 rings (SSSR count). The second-order valence-electron chi connectivity index (χ2n) is 3.15. The molecule has 2 N–H and O–H groups in total. The summed E-state index contributed by atoms with van der Waals surface area (Å²) in [6.45, 7) is 0. The molecule has 0 saturated heterocycles. The number of benzene rings is 1. The summed E-state index contributed by atoms with van der Waals surface area (Å²) in [6, 6.07) is -0.186. The average Bonchev–Trinajstić information content (AvgIpc) is 2.30. The Kier molecular flexibility index (Phi) is 3.88. The summed E-state index contributed by atoms with van der Waals surface area (Å²) in [5, 5.41) is 16.8. The van der Waals surface area contributed by atoms with Crippen molar-refractivity contribution in [3.8, 4) is 0 Å². The Bertz CT molecular complexity index is 592. The smallest absolute Gasteiger partial charge is 0.346 e. The number of hydrogen-bond acceptors (Lipinski definition) is 2. The van der Waals surface area contributed by atoms with Crippen molar-refractivity contribution >= 4 is 17.8 Å². The zero-order valence-electron chi connectivity index (χ0n) is 8.68. The van der Waals surface area contributed by atoms with E-state index < -0.39 is 52.2 Å². The predicted molar refractivity (Wildman–Crippen MR) is 49.6 cm³/mol. The molecule has 0 atom stereocenters. The Morgan fingerprint density at radius 1 is 0.895 bits per heavy atom. The quantitative estimate of drug-likeness (QED) is 0.222. The van der Waals surface area contributed by atoms with Crippen LogP contribution < -0.4 is 0 Å². The third-order valence-corrected chi connectivity index (χ3v) is 1.99. The van der Waals surface area contributed by atoms with Crippen LogP contribution in [-0.2, 0) is 9.59 Å². The van der Waals surface area contributed by atoms with Crippen molar-refractivity contribution in [1.82, 2.24) is 0 Å². The molecule has 19 heavy (non-hydrogen) atoms. The van der Waals surface area contributed by atoms with Crippen LogP contribution in [0.15, 0.2) is 11.6 Å². The monoisotopic (exact) mass is 282 g/mol. The fourth-order valence-corrected chi connectivity index (χ4v) is 1.15. The lowest BCUT2D eigenvalue weighted by Crippen LogP contribution is -2.14. The molecule has 102 valence electrons. The number of hydrogen-bond donors (Lipinski definition) is 2. The minimum Gasteiger partial charge on any atom is -0.477 e. The van der Waals surface area contributed by atoms with Crippen LogP contribution in [0.4, 0.5) is 22.0 Å². The van der Waals surface area contributed by atoms with Gasteiger partial charge < -0.3 is 10.2 Å². The molecular formula is C10H3F5O4. The van der Waals surface area contributed by atoms with E-state index >= 15 is 0 Å². The maximum absolute atomic E-state index is 13.5. The maximum atomic E-state index is 13.5. The molecule has 0 fully saturated rings. The van der Waals surface area contributed by atoms with Crippen LogP contribution in [0.25, 0.3) is 5.83 Å². The van der Waals surface area contributed by atoms with Crippen LogP contribution in [0.3, 0.4) is 0 Å². The van der Waals surface area contributed by atoms with E-state index in [4.69, 9.17) is 10.2 Å². The van der Waals surface area contributed by atoms with Gasteiger partial charge in [0.25, 0.3) is 0 Å². The van der Waals surface area contributed by atoms with E-state index in [2.05, 4.69) is 0 Å². The number of carboxylic acids is 2. The molecule has 0 radical (unpaired) electrons. The van der Waals surface area contributed by atoms with Crippen molar-refractivity contribution in [1.29, 1.82) is 0 Å². The lowest BCUT2D eigenvalue weighted by molar-refractivity contribution is -0.140. The van der Waals surface area contributed by atoms with E-state index in [1.807, 2.05) is 0 Å². The maximum Gasteiger partial charge on any atom is 0.346 e. The molecule has 0 aliphatic rings. The van der Waals surface area contributed by atoms with Crippen LogP contribution >= 0.6 is 0 Å². The van der Waals surface area contributed by atoms with E-state index in [9.17, 15) is 31.5 Å². The molecule has 0 spiro atoms. The molecule has 0 aliphatic carbocycles. The van der Waals surface area contributed by atoms with Crippen LogP contribution in [0.5, 0.6) is 0 Å². The summed E-state index contributed by atoms with van der Waals surface area (Å²) in [7, 11) is 0. The highest BCUT2D eigenvalue weighted by Crippen LogP contribution is 2.28. The molecule has 0 heterocycles.